The Kier molecular flexibility index (Phi) is 5.32. The predicted molar refractivity (Wildman–Crippen MR) is 107 cm³/mol. The van der Waals surface area contributed by atoms with E-state index in [1.807, 2.05) is 18.2 Å². The van der Waals surface area contributed by atoms with Gasteiger partial charge in [0.25, 0.3) is 0 Å². The normalized spacial score (nSPS) is 14.1. The maximum Gasteiger partial charge on any atom is 0.225 e. The molecule has 1 aliphatic carbocycles. The Morgan fingerprint density at radius 2 is 1.96 bits per heavy atom. The van der Waals surface area contributed by atoms with Crippen LogP contribution in [0.4, 0.5) is 21.8 Å². The number of hydrogen-bond acceptors (Lipinski definition) is 6. The van der Waals surface area contributed by atoms with Crippen LogP contribution in [0.1, 0.15) is 25.7 Å². The molecule has 6 nitrogen and oxygen atoms in total. The van der Waals surface area contributed by atoms with Crippen LogP contribution in [0.2, 0.25) is 0 Å². The van der Waals surface area contributed by atoms with Crippen molar-refractivity contribution in [2.75, 3.05) is 17.7 Å². The van der Waals surface area contributed by atoms with E-state index in [2.05, 4.69) is 25.6 Å². The number of hydrogen-bond donors (Lipinski definition) is 2. The lowest BCUT2D eigenvalue weighted by atomic mass is 10.2. The van der Waals surface area contributed by atoms with E-state index < -0.39 is 5.82 Å². The van der Waals surface area contributed by atoms with Crippen LogP contribution in [0.15, 0.2) is 48.8 Å². The van der Waals surface area contributed by atoms with Gasteiger partial charge in [-0.1, -0.05) is 12.8 Å². The molecule has 0 unspecified atom stereocenters. The van der Waals surface area contributed by atoms with Gasteiger partial charge in [0.05, 0.1) is 12.8 Å². The standard InChI is InChI=1S/C21H22FN5O/c1-28-19-9-8-16(11-17(19)22)24-20-12-18(14-5-4-10-23-13-14)26-21(27-20)25-15-6-2-3-7-15/h4-5,8-13,15H,2-3,6-7H2,1H3,(H2,24,25,26,27). The molecule has 0 spiro atoms. The second-order valence-electron chi connectivity index (χ2n) is 6.80. The number of rotatable bonds is 6. The van der Waals surface area contributed by atoms with Gasteiger partial charge in [0.2, 0.25) is 5.95 Å². The zero-order valence-electron chi connectivity index (χ0n) is 15.7. The van der Waals surface area contributed by atoms with E-state index in [0.717, 1.165) is 24.1 Å². The molecule has 1 aromatic carbocycles. The van der Waals surface area contributed by atoms with Crippen LogP contribution in [0, 0.1) is 5.82 Å². The smallest absolute Gasteiger partial charge is 0.225 e. The molecule has 28 heavy (non-hydrogen) atoms. The van der Waals surface area contributed by atoms with Crippen LogP contribution in [0.5, 0.6) is 5.75 Å². The number of anilines is 3. The molecule has 144 valence electrons. The molecule has 0 saturated heterocycles. The van der Waals surface area contributed by atoms with Crippen molar-refractivity contribution in [3.63, 3.8) is 0 Å². The van der Waals surface area contributed by atoms with E-state index in [1.165, 1.54) is 26.0 Å². The molecule has 4 rings (SSSR count). The number of ether oxygens (including phenoxy) is 1. The average molecular weight is 379 g/mol. The summed E-state index contributed by atoms with van der Waals surface area (Å²) >= 11 is 0. The average Bonchev–Trinajstić information content (AvgIpc) is 3.22. The fraction of sp³-hybridized carbons (Fsp3) is 0.286. The summed E-state index contributed by atoms with van der Waals surface area (Å²) in [6.45, 7) is 0. The molecule has 7 heteroatoms. The highest BCUT2D eigenvalue weighted by Crippen LogP contribution is 2.27. The molecule has 1 aliphatic rings. The first-order chi connectivity index (χ1) is 13.7. The van der Waals surface area contributed by atoms with Crippen molar-refractivity contribution >= 4 is 17.5 Å². The molecule has 0 amide bonds. The van der Waals surface area contributed by atoms with Crippen molar-refractivity contribution in [3.05, 3.63) is 54.6 Å². The Morgan fingerprint density at radius 3 is 2.68 bits per heavy atom. The minimum absolute atomic E-state index is 0.202. The zero-order chi connectivity index (χ0) is 19.3. The number of halogens is 1. The number of nitrogens with zero attached hydrogens (tertiary/aromatic N) is 3. The molecule has 0 bridgehead atoms. The van der Waals surface area contributed by atoms with Gasteiger partial charge in [-0.2, -0.15) is 4.98 Å². The summed E-state index contributed by atoms with van der Waals surface area (Å²) in [5, 5.41) is 6.59. The summed E-state index contributed by atoms with van der Waals surface area (Å²) in [5.41, 5.74) is 2.23. The zero-order valence-corrected chi connectivity index (χ0v) is 15.7. The van der Waals surface area contributed by atoms with E-state index in [0.29, 0.717) is 23.5 Å². The second-order valence-corrected chi connectivity index (χ2v) is 6.80. The van der Waals surface area contributed by atoms with E-state index in [4.69, 9.17) is 4.74 Å². The maximum absolute atomic E-state index is 14.0. The topological polar surface area (TPSA) is 72.0 Å². The summed E-state index contributed by atoms with van der Waals surface area (Å²) in [5.74, 6) is 0.912. The van der Waals surface area contributed by atoms with Gasteiger partial charge in [-0.05, 0) is 37.1 Å². The van der Waals surface area contributed by atoms with Crippen molar-refractivity contribution in [2.45, 2.75) is 31.7 Å². The summed E-state index contributed by atoms with van der Waals surface area (Å²) in [6.07, 6.45) is 8.16. The lowest BCUT2D eigenvalue weighted by molar-refractivity contribution is 0.386. The van der Waals surface area contributed by atoms with Gasteiger partial charge in [-0.3, -0.25) is 4.98 Å². The monoisotopic (exact) mass is 379 g/mol. The minimum atomic E-state index is -0.432. The quantitative estimate of drug-likeness (QED) is 0.642. The van der Waals surface area contributed by atoms with Crippen molar-refractivity contribution in [3.8, 4) is 17.0 Å². The summed E-state index contributed by atoms with van der Waals surface area (Å²) in [6, 6.07) is 10.7. The van der Waals surface area contributed by atoms with E-state index in [-0.39, 0.29) is 5.75 Å². The fourth-order valence-electron chi connectivity index (χ4n) is 3.38. The van der Waals surface area contributed by atoms with Gasteiger partial charge < -0.3 is 15.4 Å². The van der Waals surface area contributed by atoms with Crippen molar-refractivity contribution in [1.82, 2.24) is 15.0 Å². The number of methoxy groups -OCH3 is 1. The Labute approximate surface area is 163 Å². The van der Waals surface area contributed by atoms with Crippen LogP contribution >= 0.6 is 0 Å². The lowest BCUT2D eigenvalue weighted by Gasteiger charge is -2.15. The molecular weight excluding hydrogens is 357 g/mol. The predicted octanol–water partition coefficient (Wildman–Crippen LogP) is 4.78. The molecule has 2 aromatic heterocycles. The number of benzene rings is 1. The van der Waals surface area contributed by atoms with Crippen LogP contribution in [0.25, 0.3) is 11.3 Å². The van der Waals surface area contributed by atoms with Crippen molar-refractivity contribution in [1.29, 1.82) is 0 Å². The fourth-order valence-corrected chi connectivity index (χ4v) is 3.38. The molecule has 0 aliphatic heterocycles. The first-order valence-electron chi connectivity index (χ1n) is 9.38. The summed E-state index contributed by atoms with van der Waals surface area (Å²) in [7, 11) is 1.44. The van der Waals surface area contributed by atoms with Gasteiger partial charge >= 0.3 is 0 Å². The van der Waals surface area contributed by atoms with Gasteiger partial charge in [0.1, 0.15) is 5.82 Å². The van der Waals surface area contributed by atoms with E-state index >= 15 is 0 Å². The SMILES string of the molecule is COc1ccc(Nc2cc(-c3cccnc3)nc(NC3CCCC3)n2)cc1F. The molecule has 2 N–H and O–H groups in total. The molecule has 1 saturated carbocycles. The van der Waals surface area contributed by atoms with Crippen LogP contribution in [-0.4, -0.2) is 28.1 Å². The highest BCUT2D eigenvalue weighted by atomic mass is 19.1. The Morgan fingerprint density at radius 1 is 1.11 bits per heavy atom. The van der Waals surface area contributed by atoms with Crippen molar-refractivity contribution in [2.24, 2.45) is 0 Å². The van der Waals surface area contributed by atoms with Crippen LogP contribution in [-0.2, 0) is 0 Å². The molecule has 3 aromatic rings. The highest BCUT2D eigenvalue weighted by Gasteiger charge is 2.17. The first kappa shape index (κ1) is 18.2. The van der Waals surface area contributed by atoms with Gasteiger partial charge in [-0.25, -0.2) is 9.37 Å². The summed E-state index contributed by atoms with van der Waals surface area (Å²) in [4.78, 5) is 13.4. The first-order valence-corrected chi connectivity index (χ1v) is 9.38. The third kappa shape index (κ3) is 4.19. The highest BCUT2D eigenvalue weighted by molar-refractivity contribution is 5.67. The maximum atomic E-state index is 14.0. The lowest BCUT2D eigenvalue weighted by Crippen LogP contribution is -2.17. The summed E-state index contributed by atoms with van der Waals surface area (Å²) < 4.78 is 19.0. The number of pyridine rings is 1. The largest absolute Gasteiger partial charge is 0.494 e. The second kappa shape index (κ2) is 8.21. The minimum Gasteiger partial charge on any atom is -0.494 e. The Bertz CT molecular complexity index is 945. The van der Waals surface area contributed by atoms with Gasteiger partial charge in [0, 0.05) is 41.8 Å². The molecular formula is C21H22FN5O. The third-order valence-corrected chi connectivity index (χ3v) is 4.80. The Hall–Kier alpha value is -3.22. The third-order valence-electron chi connectivity index (χ3n) is 4.80. The van der Waals surface area contributed by atoms with Crippen LogP contribution in [0.3, 0.4) is 0 Å². The van der Waals surface area contributed by atoms with Gasteiger partial charge in [-0.15, -0.1) is 0 Å². The van der Waals surface area contributed by atoms with E-state index in [1.54, 1.807) is 24.5 Å². The molecule has 0 radical (unpaired) electrons. The number of nitrogens with one attached hydrogen (secondary N) is 2. The molecule has 1 fully saturated rings. The number of aromatic nitrogens is 3. The molecule has 2 heterocycles. The van der Waals surface area contributed by atoms with Crippen LogP contribution < -0.4 is 15.4 Å². The Balaban J connectivity index is 1.65. The van der Waals surface area contributed by atoms with Gasteiger partial charge in [0.15, 0.2) is 11.6 Å². The van der Waals surface area contributed by atoms with E-state index in [9.17, 15) is 4.39 Å². The van der Waals surface area contributed by atoms with Crippen molar-refractivity contribution < 1.29 is 9.13 Å². The molecule has 0 atom stereocenters.